The summed E-state index contributed by atoms with van der Waals surface area (Å²) in [6, 6.07) is 10.9. The maximum atomic E-state index is 5.60. The largest absolute Gasteiger partial charge is 0.345 e. The number of nitrogens with one attached hydrogen (secondary N) is 1. The van der Waals surface area contributed by atoms with Crippen molar-refractivity contribution in [3.8, 4) is 0 Å². The first-order valence-corrected chi connectivity index (χ1v) is 7.09. The standard InChI is InChI=1S/C15H24N4/c1-19(12-11-13-7-3-2-4-8-13)15(18-16)17-14-9-5-6-10-14/h2-4,7-8,14H,5-6,9-12,16H2,1H3,(H,17,18). The van der Waals surface area contributed by atoms with E-state index in [0.29, 0.717) is 6.04 Å². The second-order valence-corrected chi connectivity index (χ2v) is 5.19. The second kappa shape index (κ2) is 7.14. The summed E-state index contributed by atoms with van der Waals surface area (Å²) in [7, 11) is 2.04. The maximum absolute atomic E-state index is 5.60. The van der Waals surface area contributed by atoms with Crippen molar-refractivity contribution >= 4 is 5.96 Å². The molecule has 104 valence electrons. The van der Waals surface area contributed by atoms with Gasteiger partial charge in [-0.05, 0) is 24.8 Å². The van der Waals surface area contributed by atoms with Crippen LogP contribution in [-0.2, 0) is 6.42 Å². The summed E-state index contributed by atoms with van der Waals surface area (Å²) < 4.78 is 0. The van der Waals surface area contributed by atoms with Crippen LogP contribution in [0.1, 0.15) is 31.2 Å². The van der Waals surface area contributed by atoms with Gasteiger partial charge in [0.1, 0.15) is 0 Å². The highest BCUT2D eigenvalue weighted by Gasteiger charge is 2.15. The van der Waals surface area contributed by atoms with E-state index in [2.05, 4.69) is 34.6 Å². The van der Waals surface area contributed by atoms with Gasteiger partial charge in [-0.1, -0.05) is 43.2 Å². The third kappa shape index (κ3) is 4.24. The normalized spacial score (nSPS) is 16.6. The van der Waals surface area contributed by atoms with Crippen LogP contribution < -0.4 is 11.3 Å². The van der Waals surface area contributed by atoms with E-state index in [1.807, 2.05) is 13.1 Å². The molecule has 1 fully saturated rings. The lowest BCUT2D eigenvalue weighted by Gasteiger charge is -2.21. The van der Waals surface area contributed by atoms with E-state index in [9.17, 15) is 0 Å². The number of aliphatic imine (C=N–C) groups is 1. The molecule has 0 bridgehead atoms. The molecule has 0 aliphatic heterocycles. The molecule has 4 nitrogen and oxygen atoms in total. The first-order chi connectivity index (χ1) is 9.29. The van der Waals surface area contributed by atoms with Gasteiger partial charge in [0.15, 0.2) is 0 Å². The molecular formula is C15H24N4. The Balaban J connectivity index is 1.87. The van der Waals surface area contributed by atoms with Gasteiger partial charge >= 0.3 is 0 Å². The molecule has 0 radical (unpaired) electrons. The van der Waals surface area contributed by atoms with E-state index in [0.717, 1.165) is 18.9 Å². The van der Waals surface area contributed by atoms with Gasteiger partial charge in [-0.15, -0.1) is 0 Å². The molecule has 0 spiro atoms. The fourth-order valence-electron chi connectivity index (χ4n) is 2.50. The molecule has 0 aromatic heterocycles. The average Bonchev–Trinajstić information content (AvgIpc) is 2.96. The van der Waals surface area contributed by atoms with Crippen molar-refractivity contribution < 1.29 is 0 Å². The molecule has 0 unspecified atom stereocenters. The summed E-state index contributed by atoms with van der Waals surface area (Å²) in [5.74, 6) is 6.41. The molecule has 0 amide bonds. The molecule has 4 heteroatoms. The molecule has 1 saturated carbocycles. The van der Waals surface area contributed by atoms with Crippen LogP contribution in [-0.4, -0.2) is 30.5 Å². The Labute approximate surface area is 115 Å². The van der Waals surface area contributed by atoms with Crippen LogP contribution in [0.4, 0.5) is 0 Å². The van der Waals surface area contributed by atoms with E-state index >= 15 is 0 Å². The minimum Gasteiger partial charge on any atom is -0.345 e. The molecule has 2 rings (SSSR count). The summed E-state index contributed by atoms with van der Waals surface area (Å²) in [5.41, 5.74) is 4.08. The van der Waals surface area contributed by atoms with Gasteiger partial charge in [-0.2, -0.15) is 0 Å². The summed E-state index contributed by atoms with van der Waals surface area (Å²) in [6.45, 7) is 0.916. The Morgan fingerprint density at radius 2 is 2.00 bits per heavy atom. The second-order valence-electron chi connectivity index (χ2n) is 5.19. The van der Waals surface area contributed by atoms with Crippen molar-refractivity contribution in [3.05, 3.63) is 35.9 Å². The first-order valence-electron chi connectivity index (χ1n) is 7.09. The van der Waals surface area contributed by atoms with Gasteiger partial charge in [0.25, 0.3) is 0 Å². The van der Waals surface area contributed by atoms with Crippen molar-refractivity contribution in [3.63, 3.8) is 0 Å². The van der Waals surface area contributed by atoms with Crippen molar-refractivity contribution in [2.75, 3.05) is 13.6 Å². The van der Waals surface area contributed by atoms with Gasteiger partial charge in [0, 0.05) is 13.6 Å². The fourth-order valence-corrected chi connectivity index (χ4v) is 2.50. The van der Waals surface area contributed by atoms with Crippen LogP contribution in [0.15, 0.2) is 35.3 Å². The fraction of sp³-hybridized carbons (Fsp3) is 0.533. The van der Waals surface area contributed by atoms with Crippen molar-refractivity contribution in [2.24, 2.45) is 10.8 Å². The van der Waals surface area contributed by atoms with E-state index < -0.39 is 0 Å². The molecule has 1 aliphatic rings. The van der Waals surface area contributed by atoms with Crippen LogP contribution in [0.5, 0.6) is 0 Å². The van der Waals surface area contributed by atoms with Gasteiger partial charge in [-0.3, -0.25) is 5.43 Å². The van der Waals surface area contributed by atoms with Crippen molar-refractivity contribution in [2.45, 2.75) is 38.1 Å². The Bertz CT molecular complexity index is 396. The lowest BCUT2D eigenvalue weighted by atomic mass is 10.1. The Morgan fingerprint density at radius 1 is 1.32 bits per heavy atom. The number of hydrogen-bond donors (Lipinski definition) is 2. The highest BCUT2D eigenvalue weighted by molar-refractivity contribution is 5.79. The topological polar surface area (TPSA) is 53.6 Å². The molecule has 0 atom stereocenters. The first kappa shape index (κ1) is 13.9. The van der Waals surface area contributed by atoms with E-state index in [-0.39, 0.29) is 0 Å². The van der Waals surface area contributed by atoms with Crippen LogP contribution in [0, 0.1) is 0 Å². The molecule has 19 heavy (non-hydrogen) atoms. The Kier molecular flexibility index (Phi) is 5.21. The third-order valence-corrected chi connectivity index (χ3v) is 3.70. The molecule has 1 aliphatic carbocycles. The smallest absolute Gasteiger partial charge is 0.208 e. The number of likely N-dealkylation sites (N-methyl/N-ethyl adjacent to an activating group) is 1. The van der Waals surface area contributed by atoms with E-state index in [1.165, 1.54) is 31.2 Å². The Morgan fingerprint density at radius 3 is 2.63 bits per heavy atom. The third-order valence-electron chi connectivity index (χ3n) is 3.70. The molecule has 3 N–H and O–H groups in total. The summed E-state index contributed by atoms with van der Waals surface area (Å²) in [6.07, 6.45) is 5.97. The minimum atomic E-state index is 0.449. The SMILES string of the molecule is CN(CCc1ccccc1)C(=NC1CCCC1)NN. The van der Waals surface area contributed by atoms with Crippen molar-refractivity contribution in [1.82, 2.24) is 10.3 Å². The van der Waals surface area contributed by atoms with Crippen molar-refractivity contribution in [1.29, 1.82) is 0 Å². The van der Waals surface area contributed by atoms with Crippen LogP contribution >= 0.6 is 0 Å². The number of benzene rings is 1. The molecule has 0 saturated heterocycles. The number of nitrogens with two attached hydrogens (primary N) is 1. The molecule has 1 aromatic rings. The number of nitrogens with zero attached hydrogens (tertiary/aromatic N) is 2. The zero-order valence-corrected chi connectivity index (χ0v) is 11.7. The number of guanidine groups is 1. The average molecular weight is 260 g/mol. The van der Waals surface area contributed by atoms with Crippen LogP contribution in [0.2, 0.25) is 0 Å². The van der Waals surface area contributed by atoms with Gasteiger partial charge in [-0.25, -0.2) is 10.8 Å². The highest BCUT2D eigenvalue weighted by Crippen LogP contribution is 2.21. The lowest BCUT2D eigenvalue weighted by Crippen LogP contribution is -2.44. The summed E-state index contributed by atoms with van der Waals surface area (Å²) >= 11 is 0. The maximum Gasteiger partial charge on any atom is 0.208 e. The predicted octanol–water partition coefficient (Wildman–Crippen LogP) is 1.92. The zero-order valence-electron chi connectivity index (χ0n) is 11.7. The van der Waals surface area contributed by atoms with Gasteiger partial charge in [0.2, 0.25) is 5.96 Å². The zero-order chi connectivity index (χ0) is 13.5. The highest BCUT2D eigenvalue weighted by atomic mass is 15.4. The van der Waals surface area contributed by atoms with Crippen LogP contribution in [0.3, 0.4) is 0 Å². The van der Waals surface area contributed by atoms with E-state index in [4.69, 9.17) is 10.8 Å². The van der Waals surface area contributed by atoms with E-state index in [1.54, 1.807) is 0 Å². The molecular weight excluding hydrogens is 236 g/mol. The lowest BCUT2D eigenvalue weighted by molar-refractivity contribution is 0.479. The van der Waals surface area contributed by atoms with Gasteiger partial charge in [0.05, 0.1) is 6.04 Å². The summed E-state index contributed by atoms with van der Waals surface area (Å²) in [4.78, 5) is 6.82. The number of rotatable bonds is 4. The monoisotopic (exact) mass is 260 g/mol. The number of hydrazine groups is 1. The minimum absolute atomic E-state index is 0.449. The van der Waals surface area contributed by atoms with Crippen LogP contribution in [0.25, 0.3) is 0 Å². The summed E-state index contributed by atoms with van der Waals surface area (Å²) in [5, 5.41) is 0. The Hall–Kier alpha value is -1.55. The molecule has 0 heterocycles. The predicted molar refractivity (Wildman–Crippen MR) is 79.8 cm³/mol. The van der Waals surface area contributed by atoms with Gasteiger partial charge < -0.3 is 4.90 Å². The molecule has 1 aromatic carbocycles. The quantitative estimate of drug-likeness (QED) is 0.376. The number of hydrogen-bond acceptors (Lipinski definition) is 2.